The van der Waals surface area contributed by atoms with Crippen molar-refractivity contribution >= 4 is 17.8 Å². The molecule has 6 rings (SSSR count). The molecular weight excluding hydrogens is 610 g/mol. The summed E-state index contributed by atoms with van der Waals surface area (Å²) < 4.78 is 16.8. The highest BCUT2D eigenvalue weighted by Gasteiger charge is 2.35. The van der Waals surface area contributed by atoms with Gasteiger partial charge in [-0.15, -0.1) is 0 Å². The van der Waals surface area contributed by atoms with E-state index in [1.54, 1.807) is 33.4 Å². The number of ether oxygens (including phenoxy) is 2. The van der Waals surface area contributed by atoms with Crippen LogP contribution in [0.2, 0.25) is 0 Å². The van der Waals surface area contributed by atoms with Crippen LogP contribution in [0.15, 0.2) is 41.1 Å². The number of amides is 2. The molecule has 0 saturated heterocycles. The summed E-state index contributed by atoms with van der Waals surface area (Å²) in [4.78, 5) is 42.9. The highest BCUT2D eigenvalue weighted by atomic mass is 16.6. The molecule has 11 heteroatoms. The van der Waals surface area contributed by atoms with Crippen LogP contribution < -0.4 is 15.0 Å². The molecule has 0 spiro atoms. The molecule has 3 fully saturated rings. The number of carbonyl (C=O) groups is 2. The zero-order valence-electron chi connectivity index (χ0n) is 28.6. The first-order valence-electron chi connectivity index (χ1n) is 17.6. The fourth-order valence-corrected chi connectivity index (χ4v) is 7.01. The van der Waals surface area contributed by atoms with Gasteiger partial charge in [0.05, 0.1) is 24.9 Å². The number of aromatic nitrogens is 3. The van der Waals surface area contributed by atoms with Crippen LogP contribution in [0.4, 0.5) is 10.6 Å². The number of aliphatic hydroxyl groups excluding tert-OH is 1. The SMILES string of the molecule is COc1ccc(C2CCC(CN(C(=O)C3CCC(OC(=O)NC(C)C(C)O)CC3)c3cc(-c4coc(C5CC5)n4)ccn3)CC2)nc1C. The van der Waals surface area contributed by atoms with Gasteiger partial charge in [0.25, 0.3) is 0 Å². The normalized spacial score (nSPS) is 23.9. The summed E-state index contributed by atoms with van der Waals surface area (Å²) in [5, 5.41) is 12.4. The van der Waals surface area contributed by atoms with E-state index in [-0.39, 0.29) is 17.9 Å². The summed E-state index contributed by atoms with van der Waals surface area (Å²) in [6.45, 7) is 5.94. The molecular formula is C37H49N5O6. The number of aliphatic hydroxyl groups is 1. The van der Waals surface area contributed by atoms with Crippen LogP contribution in [0.1, 0.15) is 107 Å². The lowest BCUT2D eigenvalue weighted by Crippen LogP contribution is -2.44. The molecule has 2 N–H and O–H groups in total. The summed E-state index contributed by atoms with van der Waals surface area (Å²) in [7, 11) is 1.67. The van der Waals surface area contributed by atoms with E-state index in [2.05, 4.69) is 11.4 Å². The fraction of sp³-hybridized carbons (Fsp3) is 0.595. The van der Waals surface area contributed by atoms with Crippen molar-refractivity contribution in [2.45, 2.75) is 115 Å². The first kappa shape index (κ1) is 33.9. The second-order valence-electron chi connectivity index (χ2n) is 14.0. The molecule has 0 radical (unpaired) electrons. The van der Waals surface area contributed by atoms with Crippen molar-refractivity contribution < 1.29 is 28.6 Å². The molecule has 3 aliphatic carbocycles. The van der Waals surface area contributed by atoms with Crippen LogP contribution in [-0.2, 0) is 9.53 Å². The molecule has 3 aromatic heterocycles. The summed E-state index contributed by atoms with van der Waals surface area (Å²) >= 11 is 0. The zero-order valence-corrected chi connectivity index (χ0v) is 28.6. The average Bonchev–Trinajstić information content (AvgIpc) is 3.83. The van der Waals surface area contributed by atoms with E-state index in [1.165, 1.54) is 0 Å². The Morgan fingerprint density at radius 2 is 1.73 bits per heavy atom. The predicted molar refractivity (Wildman–Crippen MR) is 181 cm³/mol. The molecule has 48 heavy (non-hydrogen) atoms. The number of alkyl carbamates (subject to hydrolysis) is 1. The third-order valence-corrected chi connectivity index (χ3v) is 10.4. The van der Waals surface area contributed by atoms with Gasteiger partial charge in [-0.3, -0.25) is 14.7 Å². The quantitative estimate of drug-likeness (QED) is 0.230. The third-order valence-electron chi connectivity index (χ3n) is 10.4. The number of hydrogen-bond donors (Lipinski definition) is 2. The van der Waals surface area contributed by atoms with Gasteiger partial charge < -0.3 is 24.3 Å². The van der Waals surface area contributed by atoms with Crippen LogP contribution >= 0.6 is 0 Å². The Bertz CT molecular complexity index is 1560. The number of oxazole rings is 1. The first-order chi connectivity index (χ1) is 23.2. The minimum atomic E-state index is -0.674. The van der Waals surface area contributed by atoms with Gasteiger partial charge >= 0.3 is 6.09 Å². The maximum atomic E-state index is 14.3. The van der Waals surface area contributed by atoms with E-state index >= 15 is 0 Å². The molecule has 3 aliphatic rings. The molecule has 0 aliphatic heterocycles. The van der Waals surface area contributed by atoms with Crippen molar-refractivity contribution in [3.8, 4) is 17.0 Å². The Balaban J connectivity index is 1.14. The lowest BCUT2D eigenvalue weighted by atomic mass is 9.79. The van der Waals surface area contributed by atoms with Crippen LogP contribution in [0.3, 0.4) is 0 Å². The minimum absolute atomic E-state index is 0.0682. The largest absolute Gasteiger partial charge is 0.495 e. The Kier molecular flexibility index (Phi) is 10.6. The number of anilines is 1. The molecule has 11 nitrogen and oxygen atoms in total. The number of carbonyl (C=O) groups excluding carboxylic acids is 2. The predicted octanol–water partition coefficient (Wildman–Crippen LogP) is 6.69. The number of hydrogen-bond acceptors (Lipinski definition) is 9. The van der Waals surface area contributed by atoms with Gasteiger partial charge in [-0.05, 0) is 115 Å². The minimum Gasteiger partial charge on any atom is -0.495 e. The second-order valence-corrected chi connectivity index (χ2v) is 14.0. The lowest BCUT2D eigenvalue weighted by molar-refractivity contribution is -0.124. The Hall–Kier alpha value is -3.99. The van der Waals surface area contributed by atoms with Gasteiger partial charge in [0.2, 0.25) is 5.91 Å². The summed E-state index contributed by atoms with van der Waals surface area (Å²) in [5.41, 5.74) is 3.66. The average molecular weight is 660 g/mol. The van der Waals surface area contributed by atoms with Crippen LogP contribution in [0.25, 0.3) is 11.3 Å². The topological polar surface area (TPSA) is 140 Å². The number of methoxy groups -OCH3 is 1. The molecule has 2 unspecified atom stereocenters. The molecule has 2 atom stereocenters. The van der Waals surface area contributed by atoms with Crippen molar-refractivity contribution in [2.75, 3.05) is 18.6 Å². The Morgan fingerprint density at radius 1 is 1.00 bits per heavy atom. The van der Waals surface area contributed by atoms with E-state index in [1.807, 2.05) is 30.0 Å². The maximum Gasteiger partial charge on any atom is 0.407 e. The number of nitrogens with zero attached hydrogens (tertiary/aromatic N) is 4. The van der Waals surface area contributed by atoms with Crippen molar-refractivity contribution in [1.29, 1.82) is 0 Å². The molecule has 3 heterocycles. The van der Waals surface area contributed by atoms with Crippen LogP contribution in [0, 0.1) is 18.8 Å². The molecule has 0 aromatic carbocycles. The number of rotatable bonds is 11. The van der Waals surface area contributed by atoms with Gasteiger partial charge in [0, 0.05) is 41.8 Å². The molecule has 258 valence electrons. The van der Waals surface area contributed by atoms with Crippen molar-refractivity contribution in [3.05, 3.63) is 54.0 Å². The van der Waals surface area contributed by atoms with Gasteiger partial charge in [-0.2, -0.15) is 0 Å². The zero-order chi connectivity index (χ0) is 33.8. The van der Waals surface area contributed by atoms with Gasteiger partial charge in [0.1, 0.15) is 29.6 Å². The molecule has 3 aromatic rings. The lowest BCUT2D eigenvalue weighted by Gasteiger charge is -2.35. The van der Waals surface area contributed by atoms with E-state index in [9.17, 15) is 14.7 Å². The molecule has 2 amide bonds. The number of aryl methyl sites for hydroxylation is 1. The van der Waals surface area contributed by atoms with Gasteiger partial charge in [0.15, 0.2) is 5.89 Å². The van der Waals surface area contributed by atoms with Crippen LogP contribution in [0.5, 0.6) is 5.75 Å². The number of pyridine rings is 2. The van der Waals surface area contributed by atoms with Gasteiger partial charge in [-0.1, -0.05) is 0 Å². The monoisotopic (exact) mass is 659 g/mol. The van der Waals surface area contributed by atoms with E-state index in [0.29, 0.717) is 55.8 Å². The first-order valence-corrected chi connectivity index (χ1v) is 17.6. The van der Waals surface area contributed by atoms with E-state index < -0.39 is 18.2 Å². The van der Waals surface area contributed by atoms with Crippen LogP contribution in [-0.4, -0.2) is 64.0 Å². The van der Waals surface area contributed by atoms with Crippen molar-refractivity contribution in [3.63, 3.8) is 0 Å². The maximum absolute atomic E-state index is 14.3. The Morgan fingerprint density at radius 3 is 2.40 bits per heavy atom. The highest BCUT2D eigenvalue weighted by molar-refractivity contribution is 5.94. The number of nitrogens with one attached hydrogen (secondary N) is 1. The van der Waals surface area contributed by atoms with Gasteiger partial charge in [-0.25, -0.2) is 14.8 Å². The molecule has 3 saturated carbocycles. The second kappa shape index (κ2) is 15.1. The third kappa shape index (κ3) is 8.17. The summed E-state index contributed by atoms with van der Waals surface area (Å²) in [6.07, 6.45) is 10.7. The van der Waals surface area contributed by atoms with Crippen molar-refractivity contribution in [2.24, 2.45) is 11.8 Å². The summed E-state index contributed by atoms with van der Waals surface area (Å²) in [5.74, 6) is 3.24. The smallest absolute Gasteiger partial charge is 0.407 e. The van der Waals surface area contributed by atoms with E-state index in [0.717, 1.165) is 72.8 Å². The Labute approximate surface area is 282 Å². The van der Waals surface area contributed by atoms with Crippen molar-refractivity contribution in [1.82, 2.24) is 20.3 Å². The summed E-state index contributed by atoms with van der Waals surface area (Å²) in [6, 6.07) is 7.56. The molecule has 0 bridgehead atoms. The fourth-order valence-electron chi connectivity index (χ4n) is 7.01. The highest BCUT2D eigenvalue weighted by Crippen LogP contribution is 2.41. The standard InChI is InChI=1S/C37H49N5O6/c1-22(24(3)43)40-37(45)48-30-13-11-28(12-14-30)36(44)42(34-19-29(17-18-38-34)32-21-47-35(41-32)27-9-10-27)20-25-5-7-26(8-6-25)31-15-16-33(46-4)23(2)39-31/h15-19,21-22,24-28,30,43H,5-14,20H2,1-4H3,(H,40,45). The van der Waals surface area contributed by atoms with E-state index in [4.69, 9.17) is 28.8 Å².